The summed E-state index contributed by atoms with van der Waals surface area (Å²) in [5, 5.41) is 0. The number of methoxy groups -OCH3 is 1. The van der Waals surface area contributed by atoms with Crippen LogP contribution in [0.25, 0.3) is 0 Å². The Kier molecular flexibility index (Phi) is 5.10. The Morgan fingerprint density at radius 3 is 2.96 bits per heavy atom. The van der Waals surface area contributed by atoms with Gasteiger partial charge < -0.3 is 18.9 Å². The molecule has 1 amide bonds. The van der Waals surface area contributed by atoms with Crippen molar-refractivity contribution < 1.29 is 14.3 Å². The molecule has 0 saturated carbocycles. The molecule has 24 heavy (non-hydrogen) atoms. The number of hydrogen-bond acceptors (Lipinski definition) is 5. The maximum Gasteiger partial charge on any atom is 0.249 e. The lowest BCUT2D eigenvalue weighted by atomic mass is 10.2. The molecule has 0 aromatic carbocycles. The van der Waals surface area contributed by atoms with Gasteiger partial charge in [0.05, 0.1) is 12.6 Å². The van der Waals surface area contributed by atoms with Crippen molar-refractivity contribution in [1.82, 2.24) is 19.4 Å². The van der Waals surface area contributed by atoms with Crippen LogP contribution in [0.5, 0.6) is 5.88 Å². The molecule has 0 N–H and O–H groups in total. The van der Waals surface area contributed by atoms with Crippen LogP contribution in [0.4, 0.5) is 0 Å². The van der Waals surface area contributed by atoms with Crippen molar-refractivity contribution >= 4 is 5.91 Å². The van der Waals surface area contributed by atoms with E-state index in [0.29, 0.717) is 19.0 Å². The highest BCUT2D eigenvalue weighted by atomic mass is 16.5. The molecule has 1 aliphatic heterocycles. The zero-order valence-corrected chi connectivity index (χ0v) is 14.0. The standard InChI is InChI=1S/C17H22N4O3/c1-13-17-19-11-14(6-10-24-15-5-3-4-7-18-15)21(17)9-8-20(13)16(22)12-23-2/h3-5,7,11,13H,6,8-10,12H2,1-2H3/t13-/m1/s1. The number of aromatic nitrogens is 3. The minimum Gasteiger partial charge on any atom is -0.477 e. The van der Waals surface area contributed by atoms with Gasteiger partial charge in [0.2, 0.25) is 11.8 Å². The third-order valence-corrected chi connectivity index (χ3v) is 4.21. The van der Waals surface area contributed by atoms with Crippen LogP contribution in [0.2, 0.25) is 0 Å². The zero-order chi connectivity index (χ0) is 16.9. The fourth-order valence-corrected chi connectivity index (χ4v) is 3.00. The number of imidazole rings is 1. The van der Waals surface area contributed by atoms with Gasteiger partial charge in [-0.1, -0.05) is 6.07 Å². The molecule has 3 heterocycles. The van der Waals surface area contributed by atoms with E-state index in [-0.39, 0.29) is 18.6 Å². The van der Waals surface area contributed by atoms with Gasteiger partial charge >= 0.3 is 0 Å². The van der Waals surface area contributed by atoms with E-state index in [1.807, 2.05) is 36.2 Å². The van der Waals surface area contributed by atoms with Gasteiger partial charge in [-0.25, -0.2) is 9.97 Å². The second-order valence-electron chi connectivity index (χ2n) is 5.72. The fraction of sp³-hybridized carbons (Fsp3) is 0.471. The quantitative estimate of drug-likeness (QED) is 0.802. The second-order valence-corrected chi connectivity index (χ2v) is 5.72. The second kappa shape index (κ2) is 7.44. The summed E-state index contributed by atoms with van der Waals surface area (Å²) in [7, 11) is 1.53. The van der Waals surface area contributed by atoms with Crippen molar-refractivity contribution in [3.05, 3.63) is 42.1 Å². The van der Waals surface area contributed by atoms with Crippen LogP contribution in [0.3, 0.4) is 0 Å². The van der Waals surface area contributed by atoms with Gasteiger partial charge in [0.15, 0.2) is 0 Å². The summed E-state index contributed by atoms with van der Waals surface area (Å²) in [5.41, 5.74) is 1.12. The first-order chi connectivity index (χ1) is 11.7. The molecule has 0 spiro atoms. The number of carbonyl (C=O) groups is 1. The number of carbonyl (C=O) groups excluding carboxylic acids is 1. The maximum atomic E-state index is 12.1. The first-order valence-electron chi connectivity index (χ1n) is 8.07. The van der Waals surface area contributed by atoms with Crippen LogP contribution in [0, 0.1) is 0 Å². The molecule has 2 aromatic rings. The molecule has 7 heteroatoms. The average Bonchev–Trinajstić information content (AvgIpc) is 3.00. The first kappa shape index (κ1) is 16.4. The lowest BCUT2D eigenvalue weighted by Gasteiger charge is -2.34. The number of rotatable bonds is 6. The topological polar surface area (TPSA) is 69.5 Å². The Bertz CT molecular complexity index is 686. The summed E-state index contributed by atoms with van der Waals surface area (Å²) in [4.78, 5) is 22.6. The van der Waals surface area contributed by atoms with Gasteiger partial charge in [0.25, 0.3) is 0 Å². The van der Waals surface area contributed by atoms with E-state index in [1.54, 1.807) is 6.20 Å². The van der Waals surface area contributed by atoms with Gasteiger partial charge in [-0.05, 0) is 13.0 Å². The van der Waals surface area contributed by atoms with E-state index in [1.165, 1.54) is 7.11 Å². The van der Waals surface area contributed by atoms with Crippen LogP contribution in [0.15, 0.2) is 30.6 Å². The molecule has 3 rings (SSSR count). The summed E-state index contributed by atoms with van der Waals surface area (Å²) in [6, 6.07) is 5.55. The number of ether oxygens (including phenoxy) is 2. The minimum absolute atomic E-state index is 0.000662. The smallest absolute Gasteiger partial charge is 0.249 e. The van der Waals surface area contributed by atoms with Crippen molar-refractivity contribution in [2.24, 2.45) is 0 Å². The van der Waals surface area contributed by atoms with Crippen LogP contribution >= 0.6 is 0 Å². The lowest BCUT2D eigenvalue weighted by Crippen LogP contribution is -2.43. The minimum atomic E-state index is -0.0492. The number of hydrogen-bond donors (Lipinski definition) is 0. The molecule has 0 aliphatic carbocycles. The molecule has 0 fully saturated rings. The number of fused-ring (bicyclic) bond motifs is 1. The molecule has 1 aliphatic rings. The number of amides is 1. The Hall–Kier alpha value is -2.41. The predicted octanol–water partition coefficient (Wildman–Crippen LogP) is 1.45. The van der Waals surface area contributed by atoms with Crippen LogP contribution in [-0.2, 0) is 22.5 Å². The van der Waals surface area contributed by atoms with Gasteiger partial charge in [-0.15, -0.1) is 0 Å². The van der Waals surface area contributed by atoms with E-state index >= 15 is 0 Å². The maximum absolute atomic E-state index is 12.1. The van der Waals surface area contributed by atoms with Crippen molar-refractivity contribution in [2.75, 3.05) is 26.9 Å². The Balaban J connectivity index is 1.63. The summed E-state index contributed by atoms with van der Waals surface area (Å²) in [6.07, 6.45) is 4.34. The largest absolute Gasteiger partial charge is 0.477 e. The van der Waals surface area contributed by atoms with Gasteiger partial charge in [-0.3, -0.25) is 4.79 Å². The summed E-state index contributed by atoms with van der Waals surface area (Å²) < 4.78 is 12.8. The Morgan fingerprint density at radius 1 is 1.33 bits per heavy atom. The molecule has 0 bridgehead atoms. The molecule has 128 valence electrons. The molecule has 2 aromatic heterocycles. The van der Waals surface area contributed by atoms with Crippen LogP contribution < -0.4 is 4.74 Å². The van der Waals surface area contributed by atoms with Crippen LogP contribution in [0.1, 0.15) is 24.5 Å². The van der Waals surface area contributed by atoms with Crippen molar-refractivity contribution in [1.29, 1.82) is 0 Å². The average molecular weight is 330 g/mol. The molecular formula is C17H22N4O3. The van der Waals surface area contributed by atoms with Gasteiger partial charge in [-0.2, -0.15) is 0 Å². The third kappa shape index (κ3) is 3.41. The van der Waals surface area contributed by atoms with Crippen molar-refractivity contribution in [3.8, 4) is 5.88 Å². The Morgan fingerprint density at radius 2 is 2.21 bits per heavy atom. The molecular weight excluding hydrogens is 308 g/mol. The zero-order valence-electron chi connectivity index (χ0n) is 14.0. The van der Waals surface area contributed by atoms with E-state index in [0.717, 1.165) is 24.5 Å². The van der Waals surface area contributed by atoms with E-state index < -0.39 is 0 Å². The van der Waals surface area contributed by atoms with E-state index in [2.05, 4.69) is 14.5 Å². The van der Waals surface area contributed by atoms with E-state index in [4.69, 9.17) is 9.47 Å². The summed E-state index contributed by atoms with van der Waals surface area (Å²) in [5.74, 6) is 1.54. The normalized spacial score (nSPS) is 16.8. The molecule has 7 nitrogen and oxygen atoms in total. The summed E-state index contributed by atoms with van der Waals surface area (Å²) >= 11 is 0. The predicted molar refractivity (Wildman–Crippen MR) is 87.7 cm³/mol. The van der Waals surface area contributed by atoms with Gasteiger partial charge in [0, 0.05) is 50.8 Å². The molecule has 0 radical (unpaired) electrons. The number of nitrogens with zero attached hydrogens (tertiary/aromatic N) is 4. The Labute approximate surface area is 141 Å². The lowest BCUT2D eigenvalue weighted by molar-refractivity contribution is -0.138. The molecule has 1 atom stereocenters. The van der Waals surface area contributed by atoms with Gasteiger partial charge in [0.1, 0.15) is 12.4 Å². The van der Waals surface area contributed by atoms with Crippen LogP contribution in [-0.4, -0.2) is 52.2 Å². The molecule has 0 unspecified atom stereocenters. The highest BCUT2D eigenvalue weighted by Gasteiger charge is 2.29. The number of pyridine rings is 1. The van der Waals surface area contributed by atoms with Crippen molar-refractivity contribution in [2.45, 2.75) is 25.9 Å². The highest BCUT2D eigenvalue weighted by Crippen LogP contribution is 2.25. The molecule has 0 saturated heterocycles. The van der Waals surface area contributed by atoms with Crippen molar-refractivity contribution in [3.63, 3.8) is 0 Å². The highest BCUT2D eigenvalue weighted by molar-refractivity contribution is 5.78. The SMILES string of the molecule is COCC(=O)N1CCn2c(CCOc3ccccn3)cnc2[C@H]1C. The first-order valence-corrected chi connectivity index (χ1v) is 8.07. The summed E-state index contributed by atoms with van der Waals surface area (Å²) in [6.45, 7) is 4.06. The third-order valence-electron chi connectivity index (χ3n) is 4.21. The monoisotopic (exact) mass is 330 g/mol. The van der Waals surface area contributed by atoms with E-state index in [9.17, 15) is 4.79 Å². The fourth-order valence-electron chi connectivity index (χ4n) is 3.00.